The first-order chi connectivity index (χ1) is 9.28. The van der Waals surface area contributed by atoms with Crippen LogP contribution in [0.2, 0.25) is 5.02 Å². The monoisotopic (exact) mass is 297 g/mol. The van der Waals surface area contributed by atoms with Crippen molar-refractivity contribution in [1.82, 2.24) is 5.32 Å². The van der Waals surface area contributed by atoms with Crippen molar-refractivity contribution in [2.24, 2.45) is 0 Å². The van der Waals surface area contributed by atoms with Crippen molar-refractivity contribution in [1.29, 1.82) is 0 Å². The Bertz CT molecular complexity index is 516. The van der Waals surface area contributed by atoms with Gasteiger partial charge in [0, 0.05) is 5.02 Å². The molecule has 4 nitrogen and oxygen atoms in total. The Labute approximate surface area is 124 Å². The normalized spacial score (nSPS) is 13.6. The number of carboxylic acid groups (broad SMARTS) is 1. The number of aliphatic carboxylic acids is 1. The summed E-state index contributed by atoms with van der Waals surface area (Å²) < 4.78 is 0. The van der Waals surface area contributed by atoms with Crippen LogP contribution in [0.15, 0.2) is 18.2 Å². The van der Waals surface area contributed by atoms with E-state index in [1.807, 2.05) is 13.8 Å². The number of nitrogens with one attached hydrogen (secondary N) is 1. The molecule has 2 N–H and O–H groups in total. The van der Waals surface area contributed by atoms with Crippen LogP contribution in [0.5, 0.6) is 0 Å². The van der Waals surface area contributed by atoms with Gasteiger partial charge >= 0.3 is 5.97 Å². The largest absolute Gasteiger partial charge is 0.480 e. The van der Waals surface area contributed by atoms with Gasteiger partial charge in [0.15, 0.2) is 0 Å². The maximum atomic E-state index is 12.0. The van der Waals surface area contributed by atoms with Crippen molar-refractivity contribution < 1.29 is 14.7 Å². The fourth-order valence-corrected chi connectivity index (χ4v) is 2.33. The van der Waals surface area contributed by atoms with Crippen molar-refractivity contribution in [3.05, 3.63) is 34.3 Å². The molecule has 20 heavy (non-hydrogen) atoms. The third-order valence-electron chi connectivity index (χ3n) is 3.29. The molecule has 0 heterocycles. The summed E-state index contributed by atoms with van der Waals surface area (Å²) >= 11 is 5.86. The van der Waals surface area contributed by atoms with Crippen LogP contribution >= 0.6 is 11.6 Å². The Morgan fingerprint density at radius 1 is 1.40 bits per heavy atom. The van der Waals surface area contributed by atoms with Crippen LogP contribution in [0.4, 0.5) is 0 Å². The maximum absolute atomic E-state index is 12.0. The minimum absolute atomic E-state index is 0.148. The minimum Gasteiger partial charge on any atom is -0.480 e. The van der Waals surface area contributed by atoms with Gasteiger partial charge in [0.1, 0.15) is 5.54 Å². The van der Waals surface area contributed by atoms with Crippen molar-refractivity contribution in [2.45, 2.75) is 45.6 Å². The Balaban J connectivity index is 2.78. The van der Waals surface area contributed by atoms with Crippen LogP contribution in [0.3, 0.4) is 0 Å². The standard InChI is InChI=1S/C15H20ClNO3/c1-4-7-15(3,14(19)20)17-13(18)9-11-5-6-12(16)8-10(11)2/h5-6,8H,4,7,9H2,1-3H3,(H,17,18)(H,19,20). The van der Waals surface area contributed by atoms with Gasteiger partial charge in [-0.2, -0.15) is 0 Å². The molecule has 0 aliphatic heterocycles. The Morgan fingerprint density at radius 3 is 2.55 bits per heavy atom. The van der Waals surface area contributed by atoms with Crippen LogP contribution < -0.4 is 5.32 Å². The maximum Gasteiger partial charge on any atom is 0.329 e. The second kappa shape index (κ2) is 6.75. The second-order valence-electron chi connectivity index (χ2n) is 5.18. The number of carbonyl (C=O) groups is 2. The first-order valence-electron chi connectivity index (χ1n) is 6.58. The average molecular weight is 298 g/mol. The molecular formula is C15H20ClNO3. The molecule has 5 heteroatoms. The molecule has 1 rings (SSSR count). The number of hydrogen-bond donors (Lipinski definition) is 2. The number of carbonyl (C=O) groups excluding carboxylic acids is 1. The first-order valence-corrected chi connectivity index (χ1v) is 6.95. The third-order valence-corrected chi connectivity index (χ3v) is 3.53. The highest BCUT2D eigenvalue weighted by Gasteiger charge is 2.33. The number of hydrogen-bond acceptors (Lipinski definition) is 2. The lowest BCUT2D eigenvalue weighted by Gasteiger charge is -2.26. The molecule has 0 aromatic heterocycles. The molecular weight excluding hydrogens is 278 g/mol. The molecule has 1 unspecified atom stereocenters. The summed E-state index contributed by atoms with van der Waals surface area (Å²) in [5, 5.41) is 12.5. The van der Waals surface area contributed by atoms with E-state index in [1.165, 1.54) is 6.92 Å². The molecule has 0 fully saturated rings. The number of amides is 1. The van der Waals surface area contributed by atoms with Crippen LogP contribution in [-0.2, 0) is 16.0 Å². The zero-order valence-corrected chi connectivity index (χ0v) is 12.8. The number of carboxylic acids is 1. The fraction of sp³-hybridized carbons (Fsp3) is 0.467. The summed E-state index contributed by atoms with van der Waals surface area (Å²) in [7, 11) is 0. The lowest BCUT2D eigenvalue weighted by Crippen LogP contribution is -2.52. The summed E-state index contributed by atoms with van der Waals surface area (Å²) in [5.41, 5.74) is 0.544. The number of rotatable bonds is 6. The third kappa shape index (κ3) is 4.23. The highest BCUT2D eigenvalue weighted by atomic mass is 35.5. The van der Waals surface area contributed by atoms with Crippen molar-refractivity contribution in [3.8, 4) is 0 Å². The van der Waals surface area contributed by atoms with Gasteiger partial charge in [0.05, 0.1) is 6.42 Å². The van der Waals surface area contributed by atoms with Gasteiger partial charge in [-0.05, 0) is 43.5 Å². The molecule has 1 aromatic rings. The van der Waals surface area contributed by atoms with Crippen LogP contribution in [0.25, 0.3) is 0 Å². The number of aryl methyl sites for hydroxylation is 1. The molecule has 1 amide bonds. The van der Waals surface area contributed by atoms with E-state index in [4.69, 9.17) is 11.6 Å². The average Bonchev–Trinajstić information content (AvgIpc) is 2.32. The van der Waals surface area contributed by atoms with Gasteiger partial charge in [-0.25, -0.2) is 4.79 Å². The first kappa shape index (κ1) is 16.5. The van der Waals surface area contributed by atoms with E-state index < -0.39 is 11.5 Å². The zero-order valence-electron chi connectivity index (χ0n) is 12.0. The molecule has 0 radical (unpaired) electrons. The van der Waals surface area contributed by atoms with Crippen molar-refractivity contribution in [3.63, 3.8) is 0 Å². The molecule has 0 bridgehead atoms. The summed E-state index contributed by atoms with van der Waals surface area (Å²) in [6, 6.07) is 5.29. The molecule has 0 aliphatic rings. The summed E-state index contributed by atoms with van der Waals surface area (Å²) in [6.45, 7) is 5.29. The highest BCUT2D eigenvalue weighted by molar-refractivity contribution is 6.30. The molecule has 1 aromatic carbocycles. The van der Waals surface area contributed by atoms with Gasteiger partial charge < -0.3 is 10.4 Å². The predicted octanol–water partition coefficient (Wildman–Crippen LogP) is 2.95. The fourth-order valence-electron chi connectivity index (χ4n) is 2.11. The molecule has 110 valence electrons. The lowest BCUT2D eigenvalue weighted by molar-refractivity contribution is -0.147. The smallest absolute Gasteiger partial charge is 0.329 e. The van der Waals surface area contributed by atoms with E-state index >= 15 is 0 Å². The van der Waals surface area contributed by atoms with E-state index in [9.17, 15) is 14.7 Å². The van der Waals surface area contributed by atoms with Crippen molar-refractivity contribution >= 4 is 23.5 Å². The van der Waals surface area contributed by atoms with Gasteiger partial charge in [0.2, 0.25) is 5.91 Å². The van der Waals surface area contributed by atoms with Gasteiger partial charge in [-0.15, -0.1) is 0 Å². The lowest BCUT2D eigenvalue weighted by atomic mass is 9.95. The van der Waals surface area contributed by atoms with Crippen LogP contribution in [0, 0.1) is 6.92 Å². The predicted molar refractivity (Wildman–Crippen MR) is 79.0 cm³/mol. The molecule has 0 spiro atoms. The molecule has 0 aliphatic carbocycles. The number of halogens is 1. The second-order valence-corrected chi connectivity index (χ2v) is 5.62. The summed E-state index contributed by atoms with van der Waals surface area (Å²) in [4.78, 5) is 23.3. The van der Waals surface area contributed by atoms with E-state index in [2.05, 4.69) is 5.32 Å². The van der Waals surface area contributed by atoms with Gasteiger partial charge in [-0.3, -0.25) is 4.79 Å². The number of benzene rings is 1. The topological polar surface area (TPSA) is 66.4 Å². The van der Waals surface area contributed by atoms with E-state index in [0.717, 1.165) is 11.1 Å². The van der Waals surface area contributed by atoms with E-state index in [1.54, 1.807) is 18.2 Å². The highest BCUT2D eigenvalue weighted by Crippen LogP contribution is 2.17. The van der Waals surface area contributed by atoms with Crippen LogP contribution in [0.1, 0.15) is 37.8 Å². The molecule has 0 saturated heterocycles. The van der Waals surface area contributed by atoms with E-state index in [0.29, 0.717) is 17.9 Å². The van der Waals surface area contributed by atoms with Crippen molar-refractivity contribution in [2.75, 3.05) is 0 Å². The minimum atomic E-state index is -1.22. The van der Waals surface area contributed by atoms with E-state index in [-0.39, 0.29) is 12.3 Å². The zero-order chi connectivity index (χ0) is 15.3. The SMILES string of the molecule is CCCC(C)(NC(=O)Cc1ccc(Cl)cc1C)C(=O)O. The Morgan fingerprint density at radius 2 is 2.05 bits per heavy atom. The quantitative estimate of drug-likeness (QED) is 0.848. The summed E-state index contributed by atoms with van der Waals surface area (Å²) in [6.07, 6.45) is 1.23. The van der Waals surface area contributed by atoms with Gasteiger partial charge in [0.25, 0.3) is 0 Å². The van der Waals surface area contributed by atoms with Crippen LogP contribution in [-0.4, -0.2) is 22.5 Å². The molecule has 1 atom stereocenters. The molecule has 0 saturated carbocycles. The Hall–Kier alpha value is -1.55. The van der Waals surface area contributed by atoms with Gasteiger partial charge in [-0.1, -0.05) is 31.0 Å². The Kier molecular flexibility index (Phi) is 5.57. The summed E-state index contributed by atoms with van der Waals surface area (Å²) in [5.74, 6) is -1.31.